The minimum absolute atomic E-state index is 0.0622. The number of amides is 4. The molecule has 8 nitrogen and oxygen atoms in total. The van der Waals surface area contributed by atoms with Crippen molar-refractivity contribution in [1.29, 1.82) is 0 Å². The summed E-state index contributed by atoms with van der Waals surface area (Å²) in [4.78, 5) is 52.8. The minimum atomic E-state index is -0.954. The maximum atomic E-state index is 13.8. The second kappa shape index (κ2) is 7.50. The summed E-state index contributed by atoms with van der Waals surface area (Å²) in [6.45, 7) is 2.73. The maximum absolute atomic E-state index is 13.8. The normalized spacial score (nSPS) is 19.7. The van der Waals surface area contributed by atoms with Gasteiger partial charge in [0, 0.05) is 19.0 Å². The van der Waals surface area contributed by atoms with Crippen LogP contribution in [0.3, 0.4) is 0 Å². The molecular formula is C22H21FN4O4. The van der Waals surface area contributed by atoms with Crippen molar-refractivity contribution in [3.63, 3.8) is 0 Å². The van der Waals surface area contributed by atoms with Crippen molar-refractivity contribution in [3.8, 4) is 0 Å². The van der Waals surface area contributed by atoms with Gasteiger partial charge in [0.05, 0.1) is 16.9 Å². The van der Waals surface area contributed by atoms with Crippen LogP contribution in [-0.2, 0) is 14.4 Å². The van der Waals surface area contributed by atoms with Crippen LogP contribution in [0.15, 0.2) is 42.5 Å². The van der Waals surface area contributed by atoms with Gasteiger partial charge in [-0.15, -0.1) is 0 Å². The number of para-hydroxylation sites is 1. The number of nitrogens with zero attached hydrogens (tertiary/aromatic N) is 2. The Morgan fingerprint density at radius 2 is 1.87 bits per heavy atom. The first-order valence-corrected chi connectivity index (χ1v) is 9.82. The maximum Gasteiger partial charge on any atom is 0.258 e. The second-order valence-electron chi connectivity index (χ2n) is 7.78. The largest absolute Gasteiger partial charge is 0.324 e. The molecule has 4 rings (SSSR count). The van der Waals surface area contributed by atoms with Gasteiger partial charge in [-0.25, -0.2) is 4.39 Å². The number of halogens is 1. The van der Waals surface area contributed by atoms with Crippen LogP contribution in [0.1, 0.15) is 37.0 Å². The fourth-order valence-corrected chi connectivity index (χ4v) is 4.17. The van der Waals surface area contributed by atoms with E-state index in [0.717, 1.165) is 6.07 Å². The number of rotatable bonds is 4. The molecule has 9 heteroatoms. The molecule has 1 unspecified atom stereocenters. The second-order valence-corrected chi connectivity index (χ2v) is 7.78. The van der Waals surface area contributed by atoms with E-state index in [4.69, 9.17) is 0 Å². The van der Waals surface area contributed by atoms with E-state index < -0.39 is 23.3 Å². The number of nitrogens with one attached hydrogen (secondary N) is 2. The third-order valence-corrected chi connectivity index (χ3v) is 5.61. The SMILES string of the molecule is CC(=O)Nc1cc(NC(=O)CN2C(=O)c3ccccc3N3C(=O)CCC23C)ccc1F. The van der Waals surface area contributed by atoms with Gasteiger partial charge >= 0.3 is 0 Å². The molecule has 1 saturated heterocycles. The summed E-state index contributed by atoms with van der Waals surface area (Å²) >= 11 is 0. The number of carbonyl (C=O) groups excluding carboxylic acids is 4. The third-order valence-electron chi connectivity index (χ3n) is 5.61. The first kappa shape index (κ1) is 20.5. The average Bonchev–Trinajstić information content (AvgIpc) is 3.03. The molecule has 2 aliphatic heterocycles. The Morgan fingerprint density at radius 3 is 2.61 bits per heavy atom. The summed E-state index contributed by atoms with van der Waals surface area (Å²) < 4.78 is 13.8. The molecular weight excluding hydrogens is 403 g/mol. The third kappa shape index (κ3) is 3.52. The molecule has 31 heavy (non-hydrogen) atoms. The van der Waals surface area contributed by atoms with Crippen LogP contribution in [0.2, 0.25) is 0 Å². The van der Waals surface area contributed by atoms with Crippen LogP contribution in [-0.4, -0.2) is 40.7 Å². The van der Waals surface area contributed by atoms with Gasteiger partial charge in [0.15, 0.2) is 0 Å². The van der Waals surface area contributed by atoms with Crippen LogP contribution in [0.25, 0.3) is 0 Å². The molecule has 2 aromatic carbocycles. The number of fused-ring (bicyclic) bond motifs is 3. The minimum Gasteiger partial charge on any atom is -0.324 e. The van der Waals surface area contributed by atoms with Crippen LogP contribution < -0.4 is 15.5 Å². The van der Waals surface area contributed by atoms with E-state index in [-0.39, 0.29) is 36.2 Å². The van der Waals surface area contributed by atoms with E-state index in [9.17, 15) is 23.6 Å². The highest BCUT2D eigenvalue weighted by Crippen LogP contribution is 2.43. The summed E-state index contributed by atoms with van der Waals surface area (Å²) in [6.07, 6.45) is 0.677. The van der Waals surface area contributed by atoms with Crippen molar-refractivity contribution in [2.24, 2.45) is 0 Å². The summed E-state index contributed by atoms with van der Waals surface area (Å²) in [5, 5.41) is 4.98. The van der Waals surface area contributed by atoms with Crippen molar-refractivity contribution in [3.05, 3.63) is 53.8 Å². The van der Waals surface area contributed by atoms with Crippen molar-refractivity contribution < 1.29 is 23.6 Å². The molecule has 2 N–H and O–H groups in total. The highest BCUT2D eigenvalue weighted by Gasteiger charge is 2.53. The van der Waals surface area contributed by atoms with Crippen molar-refractivity contribution in [2.45, 2.75) is 32.4 Å². The Kier molecular flexibility index (Phi) is 4.96. The summed E-state index contributed by atoms with van der Waals surface area (Å²) in [5.74, 6) is -2.03. The molecule has 0 spiro atoms. The smallest absolute Gasteiger partial charge is 0.258 e. The zero-order valence-corrected chi connectivity index (χ0v) is 17.1. The lowest BCUT2D eigenvalue weighted by Gasteiger charge is -2.48. The fraction of sp³-hybridized carbons (Fsp3) is 0.273. The number of hydrogen-bond acceptors (Lipinski definition) is 4. The molecule has 4 amide bonds. The monoisotopic (exact) mass is 424 g/mol. The highest BCUT2D eigenvalue weighted by molar-refractivity contribution is 6.11. The lowest BCUT2D eigenvalue weighted by molar-refractivity contribution is -0.120. The Balaban J connectivity index is 1.59. The van der Waals surface area contributed by atoms with Gasteiger partial charge < -0.3 is 15.5 Å². The van der Waals surface area contributed by atoms with Gasteiger partial charge in [-0.3, -0.25) is 24.1 Å². The fourth-order valence-electron chi connectivity index (χ4n) is 4.17. The van der Waals surface area contributed by atoms with Gasteiger partial charge in [-0.05, 0) is 43.7 Å². The van der Waals surface area contributed by atoms with Gasteiger partial charge in [0.25, 0.3) is 5.91 Å². The number of hydrogen-bond donors (Lipinski definition) is 2. The molecule has 0 aromatic heterocycles. The first-order valence-electron chi connectivity index (χ1n) is 9.82. The molecule has 0 saturated carbocycles. The average molecular weight is 424 g/mol. The molecule has 0 radical (unpaired) electrons. The van der Waals surface area contributed by atoms with E-state index >= 15 is 0 Å². The van der Waals surface area contributed by atoms with Crippen LogP contribution in [0.5, 0.6) is 0 Å². The Labute approximate surface area is 178 Å². The molecule has 2 heterocycles. The number of anilines is 3. The van der Waals surface area contributed by atoms with E-state index in [2.05, 4.69) is 10.6 Å². The number of benzene rings is 2. The van der Waals surface area contributed by atoms with Crippen molar-refractivity contribution >= 4 is 40.7 Å². The van der Waals surface area contributed by atoms with Gasteiger partial charge in [-0.1, -0.05) is 12.1 Å². The predicted octanol–water partition coefficient (Wildman–Crippen LogP) is 2.72. The van der Waals surface area contributed by atoms with E-state index in [1.54, 1.807) is 36.1 Å². The molecule has 0 bridgehead atoms. The number of carbonyl (C=O) groups is 4. The van der Waals surface area contributed by atoms with Gasteiger partial charge in [-0.2, -0.15) is 0 Å². The quantitative estimate of drug-likeness (QED) is 0.788. The van der Waals surface area contributed by atoms with Crippen molar-refractivity contribution in [1.82, 2.24) is 4.90 Å². The molecule has 1 fully saturated rings. The van der Waals surface area contributed by atoms with Crippen molar-refractivity contribution in [2.75, 3.05) is 22.1 Å². The Morgan fingerprint density at radius 1 is 1.13 bits per heavy atom. The first-order chi connectivity index (χ1) is 14.7. The summed E-state index contributed by atoms with van der Waals surface area (Å²) in [5.41, 5.74) is 0.159. The zero-order valence-electron chi connectivity index (χ0n) is 17.1. The summed E-state index contributed by atoms with van der Waals surface area (Å²) in [7, 11) is 0. The Bertz CT molecular complexity index is 1120. The van der Waals surface area contributed by atoms with E-state index in [1.165, 1.54) is 24.0 Å². The molecule has 0 aliphatic carbocycles. The summed E-state index contributed by atoms with van der Waals surface area (Å²) in [6, 6.07) is 10.6. The van der Waals surface area contributed by atoms with Crippen LogP contribution >= 0.6 is 0 Å². The van der Waals surface area contributed by atoms with Crippen LogP contribution in [0.4, 0.5) is 21.5 Å². The molecule has 160 valence electrons. The molecule has 2 aliphatic rings. The van der Waals surface area contributed by atoms with E-state index in [0.29, 0.717) is 17.7 Å². The molecule has 2 aromatic rings. The highest BCUT2D eigenvalue weighted by atomic mass is 19.1. The lowest BCUT2D eigenvalue weighted by Crippen LogP contribution is -2.63. The van der Waals surface area contributed by atoms with E-state index in [1.807, 2.05) is 0 Å². The topological polar surface area (TPSA) is 98.8 Å². The standard InChI is InChI=1S/C22H21FN4O4/c1-13(28)24-17-11-14(7-8-16(17)23)25-19(29)12-26-21(31)15-5-3-4-6-18(15)27-20(30)9-10-22(26,27)2/h3-8,11H,9-10,12H2,1-2H3,(H,24,28)(H,25,29). The van der Waals surface area contributed by atoms with Gasteiger partial charge in [0.1, 0.15) is 18.0 Å². The Hall–Kier alpha value is -3.75. The predicted molar refractivity (Wildman–Crippen MR) is 112 cm³/mol. The van der Waals surface area contributed by atoms with Gasteiger partial charge in [0.2, 0.25) is 17.7 Å². The lowest BCUT2D eigenvalue weighted by atomic mass is 9.98. The zero-order chi connectivity index (χ0) is 22.3. The van der Waals surface area contributed by atoms with Crippen LogP contribution in [0, 0.1) is 5.82 Å². The molecule has 1 atom stereocenters.